The van der Waals surface area contributed by atoms with Crippen LogP contribution < -0.4 is 5.73 Å². The summed E-state index contributed by atoms with van der Waals surface area (Å²) in [5, 5.41) is 17.5. The molecule has 2 aromatic rings. The first-order valence-electron chi connectivity index (χ1n) is 7.24. The molecule has 2 aromatic heterocycles. The summed E-state index contributed by atoms with van der Waals surface area (Å²) in [6.45, 7) is 0.428. The molecule has 21 heavy (non-hydrogen) atoms. The van der Waals surface area contributed by atoms with Crippen molar-refractivity contribution in [2.75, 3.05) is 5.73 Å². The van der Waals surface area contributed by atoms with Gasteiger partial charge < -0.3 is 10.8 Å². The smallest absolute Gasteiger partial charge is 0.358 e. The summed E-state index contributed by atoms with van der Waals surface area (Å²) in [7, 11) is 0. The number of hydrogen-bond acceptors (Lipinski definition) is 4. The number of carbonyl (C=O) groups is 1. The minimum absolute atomic E-state index is 0.110. The highest BCUT2D eigenvalue weighted by molar-refractivity contribution is 5.91. The van der Waals surface area contributed by atoms with Gasteiger partial charge in [0.15, 0.2) is 5.69 Å². The van der Waals surface area contributed by atoms with E-state index in [-0.39, 0.29) is 11.4 Å². The topological polar surface area (TPSA) is 99.0 Å². The number of rotatable bonds is 4. The Hall–Kier alpha value is -2.31. The zero-order valence-electron chi connectivity index (χ0n) is 11.8. The lowest BCUT2D eigenvalue weighted by Crippen LogP contribution is -2.14. The van der Waals surface area contributed by atoms with Crippen LogP contribution in [0.1, 0.15) is 54.3 Å². The van der Waals surface area contributed by atoms with Crippen molar-refractivity contribution in [1.29, 1.82) is 0 Å². The SMILES string of the molecule is Nc1cn(Cc2ccn(C3CCCCC3)n2)nc1C(=O)O. The first kappa shape index (κ1) is 13.7. The molecule has 0 amide bonds. The van der Waals surface area contributed by atoms with E-state index in [0.717, 1.165) is 5.69 Å². The zero-order chi connectivity index (χ0) is 14.8. The van der Waals surface area contributed by atoms with Crippen LogP contribution in [0.3, 0.4) is 0 Å². The Balaban J connectivity index is 1.72. The number of carboxylic acids is 1. The molecule has 112 valence electrons. The maximum atomic E-state index is 10.9. The molecule has 1 aliphatic rings. The molecular weight excluding hydrogens is 270 g/mol. The van der Waals surface area contributed by atoms with Crippen LogP contribution in [0.5, 0.6) is 0 Å². The van der Waals surface area contributed by atoms with E-state index >= 15 is 0 Å². The summed E-state index contributed by atoms with van der Waals surface area (Å²) >= 11 is 0. The normalized spacial score (nSPS) is 16.2. The summed E-state index contributed by atoms with van der Waals surface area (Å²) in [4.78, 5) is 10.9. The van der Waals surface area contributed by atoms with E-state index < -0.39 is 5.97 Å². The van der Waals surface area contributed by atoms with Gasteiger partial charge >= 0.3 is 5.97 Å². The summed E-state index contributed by atoms with van der Waals surface area (Å²) in [5.74, 6) is -1.11. The van der Waals surface area contributed by atoms with Gasteiger partial charge in [-0.2, -0.15) is 10.2 Å². The number of carboxylic acid groups (broad SMARTS) is 1. The maximum absolute atomic E-state index is 10.9. The van der Waals surface area contributed by atoms with E-state index in [1.807, 2.05) is 16.9 Å². The number of aromatic carboxylic acids is 1. The molecule has 3 N–H and O–H groups in total. The lowest BCUT2D eigenvalue weighted by molar-refractivity contribution is 0.0690. The highest BCUT2D eigenvalue weighted by atomic mass is 16.4. The molecule has 0 atom stereocenters. The number of nitrogen functional groups attached to an aromatic ring is 1. The van der Waals surface area contributed by atoms with E-state index in [1.165, 1.54) is 43.0 Å². The minimum Gasteiger partial charge on any atom is -0.476 e. The second kappa shape index (κ2) is 5.59. The number of hydrogen-bond donors (Lipinski definition) is 2. The standard InChI is InChI=1S/C14H19N5O2/c15-12-9-18(17-13(12)14(20)21)8-10-6-7-19(16-10)11-4-2-1-3-5-11/h6-7,9,11H,1-5,8,15H2,(H,20,21). The molecule has 7 heteroatoms. The van der Waals surface area contributed by atoms with Crippen LogP contribution in [0, 0.1) is 0 Å². The van der Waals surface area contributed by atoms with Crippen LogP contribution in [0.4, 0.5) is 5.69 Å². The third-order valence-corrected chi connectivity index (χ3v) is 3.93. The summed E-state index contributed by atoms with van der Waals surface area (Å²) in [6, 6.07) is 2.44. The summed E-state index contributed by atoms with van der Waals surface area (Å²) in [6.07, 6.45) is 9.72. The molecule has 1 fully saturated rings. The van der Waals surface area contributed by atoms with Gasteiger partial charge in [0.05, 0.1) is 24.0 Å². The predicted octanol–water partition coefficient (Wildman–Crippen LogP) is 1.91. The quantitative estimate of drug-likeness (QED) is 0.895. The van der Waals surface area contributed by atoms with Gasteiger partial charge in [0.25, 0.3) is 0 Å². The molecule has 2 heterocycles. The van der Waals surface area contributed by atoms with Crippen molar-refractivity contribution < 1.29 is 9.90 Å². The van der Waals surface area contributed by atoms with Crippen LogP contribution >= 0.6 is 0 Å². The van der Waals surface area contributed by atoms with Crippen LogP contribution in [0.15, 0.2) is 18.5 Å². The van der Waals surface area contributed by atoms with Gasteiger partial charge in [-0.05, 0) is 18.9 Å². The number of aromatic nitrogens is 4. The maximum Gasteiger partial charge on any atom is 0.358 e. The monoisotopic (exact) mass is 289 g/mol. The fourth-order valence-corrected chi connectivity index (χ4v) is 2.86. The van der Waals surface area contributed by atoms with Crippen molar-refractivity contribution in [1.82, 2.24) is 19.6 Å². The van der Waals surface area contributed by atoms with E-state index in [2.05, 4.69) is 10.2 Å². The number of anilines is 1. The van der Waals surface area contributed by atoms with Crippen LogP contribution in [0.25, 0.3) is 0 Å². The summed E-state index contributed by atoms with van der Waals surface area (Å²) in [5.41, 5.74) is 6.56. The molecule has 0 saturated heterocycles. The van der Waals surface area contributed by atoms with Gasteiger partial charge in [0.2, 0.25) is 0 Å². The molecule has 0 spiro atoms. The van der Waals surface area contributed by atoms with E-state index in [4.69, 9.17) is 10.8 Å². The highest BCUT2D eigenvalue weighted by Gasteiger charge is 2.17. The van der Waals surface area contributed by atoms with Crippen molar-refractivity contribution in [3.05, 3.63) is 29.8 Å². The van der Waals surface area contributed by atoms with Gasteiger partial charge in [0, 0.05) is 12.4 Å². The van der Waals surface area contributed by atoms with Crippen molar-refractivity contribution in [3.8, 4) is 0 Å². The third-order valence-electron chi connectivity index (χ3n) is 3.93. The molecule has 3 rings (SSSR count). The van der Waals surface area contributed by atoms with Crippen molar-refractivity contribution in [3.63, 3.8) is 0 Å². The van der Waals surface area contributed by atoms with E-state index in [1.54, 1.807) is 0 Å². The Kier molecular flexibility index (Phi) is 3.64. The molecule has 0 radical (unpaired) electrons. The molecule has 7 nitrogen and oxygen atoms in total. The Morgan fingerprint density at radius 1 is 1.33 bits per heavy atom. The first-order valence-corrected chi connectivity index (χ1v) is 7.24. The summed E-state index contributed by atoms with van der Waals surface area (Å²) < 4.78 is 3.55. The first-order chi connectivity index (χ1) is 10.1. The second-order valence-electron chi connectivity index (χ2n) is 5.51. The van der Waals surface area contributed by atoms with E-state index in [9.17, 15) is 4.79 Å². The minimum atomic E-state index is -1.11. The fraction of sp³-hybridized carbons (Fsp3) is 0.500. The molecule has 0 aliphatic heterocycles. The second-order valence-corrected chi connectivity index (χ2v) is 5.51. The molecule has 0 unspecified atom stereocenters. The zero-order valence-corrected chi connectivity index (χ0v) is 11.8. The molecule has 1 saturated carbocycles. The number of nitrogens with two attached hydrogens (primary N) is 1. The van der Waals surface area contributed by atoms with Gasteiger partial charge in [-0.3, -0.25) is 9.36 Å². The Morgan fingerprint density at radius 2 is 2.10 bits per heavy atom. The average Bonchev–Trinajstić information content (AvgIpc) is 3.07. The van der Waals surface area contributed by atoms with Crippen LogP contribution in [-0.4, -0.2) is 30.6 Å². The van der Waals surface area contributed by atoms with Crippen molar-refractivity contribution in [2.45, 2.75) is 44.7 Å². The highest BCUT2D eigenvalue weighted by Crippen LogP contribution is 2.27. The molecule has 0 bridgehead atoms. The van der Waals surface area contributed by atoms with Crippen LogP contribution in [-0.2, 0) is 6.54 Å². The predicted molar refractivity (Wildman–Crippen MR) is 77.0 cm³/mol. The fourth-order valence-electron chi connectivity index (χ4n) is 2.86. The van der Waals surface area contributed by atoms with E-state index in [0.29, 0.717) is 12.6 Å². The van der Waals surface area contributed by atoms with Gasteiger partial charge in [0.1, 0.15) is 0 Å². The molecular formula is C14H19N5O2. The molecule has 1 aliphatic carbocycles. The third kappa shape index (κ3) is 2.91. The lowest BCUT2D eigenvalue weighted by atomic mass is 9.96. The molecule has 0 aromatic carbocycles. The number of nitrogens with zero attached hydrogens (tertiary/aromatic N) is 4. The van der Waals surface area contributed by atoms with Gasteiger partial charge in [-0.1, -0.05) is 19.3 Å². The Morgan fingerprint density at radius 3 is 2.76 bits per heavy atom. The van der Waals surface area contributed by atoms with Gasteiger partial charge in [-0.15, -0.1) is 0 Å². The van der Waals surface area contributed by atoms with Crippen LogP contribution in [0.2, 0.25) is 0 Å². The van der Waals surface area contributed by atoms with Gasteiger partial charge in [-0.25, -0.2) is 4.79 Å². The Bertz CT molecular complexity index is 640. The largest absolute Gasteiger partial charge is 0.476 e. The lowest BCUT2D eigenvalue weighted by Gasteiger charge is -2.21. The average molecular weight is 289 g/mol. The Labute approximate surface area is 122 Å². The van der Waals surface area contributed by atoms with Crippen molar-refractivity contribution in [2.24, 2.45) is 0 Å². The van der Waals surface area contributed by atoms with Crippen molar-refractivity contribution >= 4 is 11.7 Å².